The van der Waals surface area contributed by atoms with Gasteiger partial charge in [-0.25, -0.2) is 4.79 Å². The van der Waals surface area contributed by atoms with Crippen molar-refractivity contribution < 1.29 is 24.6 Å². The lowest BCUT2D eigenvalue weighted by atomic mass is 9.90. The summed E-state index contributed by atoms with van der Waals surface area (Å²) < 4.78 is 0.626. The first-order valence-electron chi connectivity index (χ1n) is 12.1. The zero-order chi connectivity index (χ0) is 25.4. The van der Waals surface area contributed by atoms with Crippen LogP contribution in [0.25, 0.3) is 11.1 Å². The van der Waals surface area contributed by atoms with E-state index in [2.05, 4.69) is 4.90 Å². The van der Waals surface area contributed by atoms with Crippen molar-refractivity contribution in [2.45, 2.75) is 36.5 Å². The summed E-state index contributed by atoms with van der Waals surface area (Å²) in [5.74, 6) is -1.92. The quantitative estimate of drug-likeness (QED) is 0.377. The number of carbonyl (C=O) groups excluding carboxylic acids is 2. The molecule has 2 saturated heterocycles. The van der Waals surface area contributed by atoms with Gasteiger partial charge in [-0.3, -0.25) is 19.4 Å². The Bertz CT molecular complexity index is 1200. The average Bonchev–Trinajstić information content (AvgIpc) is 3.46. The molecular formula is C27H28N2O5S2. The topological polar surface area (TPSA) is 98.2 Å². The van der Waals surface area contributed by atoms with E-state index in [4.69, 9.17) is 0 Å². The van der Waals surface area contributed by atoms with Crippen LogP contribution in [0.3, 0.4) is 0 Å². The molecule has 0 aromatic heterocycles. The number of aliphatic carboxylic acids is 1. The number of Topliss-reactive ketones (excluding diaryl/α,β-unsaturated/α-hetero) is 1. The van der Waals surface area contributed by atoms with Crippen LogP contribution in [0, 0.1) is 5.92 Å². The van der Waals surface area contributed by atoms with E-state index in [9.17, 15) is 24.6 Å². The number of aliphatic hydroxyl groups excluding tert-OH is 1. The number of likely N-dealkylation sites (tertiary alicyclic amines) is 1. The van der Waals surface area contributed by atoms with Crippen molar-refractivity contribution in [3.8, 4) is 11.1 Å². The lowest BCUT2D eigenvalue weighted by Crippen LogP contribution is -2.61. The SMILES string of the molecule is CC[C@H](O)[C@@H]1C(=O)N2C(C(=O)O)=C(S[C@H]3CCN(CC(=O)c4ccc(-c5ccccc5)cc4)C3)S[C@H]12. The van der Waals surface area contributed by atoms with E-state index in [1.54, 1.807) is 0 Å². The third kappa shape index (κ3) is 4.72. The first kappa shape index (κ1) is 25.1. The van der Waals surface area contributed by atoms with Gasteiger partial charge in [0.25, 0.3) is 0 Å². The van der Waals surface area contributed by atoms with E-state index >= 15 is 0 Å². The predicted octanol–water partition coefficient (Wildman–Crippen LogP) is 3.90. The number of hydrogen-bond donors (Lipinski definition) is 2. The zero-order valence-corrected chi connectivity index (χ0v) is 21.5. The number of nitrogens with zero attached hydrogens (tertiary/aromatic N) is 2. The Morgan fingerprint density at radius 3 is 2.47 bits per heavy atom. The lowest BCUT2D eigenvalue weighted by Gasteiger charge is -2.44. The maximum Gasteiger partial charge on any atom is 0.354 e. The number of carbonyl (C=O) groups is 3. The molecule has 3 heterocycles. The van der Waals surface area contributed by atoms with Gasteiger partial charge in [-0.05, 0) is 30.5 Å². The van der Waals surface area contributed by atoms with Crippen molar-refractivity contribution in [1.82, 2.24) is 9.80 Å². The molecule has 2 aromatic rings. The summed E-state index contributed by atoms with van der Waals surface area (Å²) in [6.45, 7) is 3.56. The Labute approximate surface area is 218 Å². The van der Waals surface area contributed by atoms with Gasteiger partial charge in [-0.2, -0.15) is 0 Å². The molecule has 0 aliphatic carbocycles. The number of fused-ring (bicyclic) bond motifs is 1. The molecule has 0 saturated carbocycles. The van der Waals surface area contributed by atoms with E-state index in [1.165, 1.54) is 28.4 Å². The van der Waals surface area contributed by atoms with Gasteiger partial charge in [0.15, 0.2) is 11.5 Å². The van der Waals surface area contributed by atoms with E-state index < -0.39 is 18.0 Å². The van der Waals surface area contributed by atoms with Crippen LogP contribution >= 0.6 is 23.5 Å². The Kier molecular flexibility index (Phi) is 7.25. The summed E-state index contributed by atoms with van der Waals surface area (Å²) in [4.78, 5) is 40.8. The summed E-state index contributed by atoms with van der Waals surface area (Å²) in [6.07, 6.45) is 0.522. The van der Waals surface area contributed by atoms with Gasteiger partial charge in [-0.1, -0.05) is 73.3 Å². The number of carboxylic acid groups (broad SMARTS) is 1. The minimum atomic E-state index is -1.12. The second-order valence-electron chi connectivity index (χ2n) is 9.29. The van der Waals surface area contributed by atoms with Gasteiger partial charge in [0, 0.05) is 17.4 Å². The van der Waals surface area contributed by atoms with Crippen molar-refractivity contribution in [3.63, 3.8) is 0 Å². The fraction of sp³-hybridized carbons (Fsp3) is 0.370. The molecule has 4 atom stereocenters. The van der Waals surface area contributed by atoms with E-state index in [0.29, 0.717) is 29.3 Å². The highest BCUT2D eigenvalue weighted by atomic mass is 32.2. The minimum Gasteiger partial charge on any atom is -0.477 e. The Hall–Kier alpha value is -2.59. The maximum atomic E-state index is 12.9. The van der Waals surface area contributed by atoms with Gasteiger partial charge in [0.05, 0.1) is 22.8 Å². The van der Waals surface area contributed by atoms with Crippen molar-refractivity contribution in [2.75, 3.05) is 19.6 Å². The molecule has 188 valence electrons. The molecule has 3 aliphatic rings. The number of β-lactam (4-membered cyclic amide) rings is 1. The standard InChI is InChI=1S/C27H28N2O5S2/c1-2-20(30)22-24(32)29-23(26(33)34)27(36-25(22)29)35-19-12-13-28(14-19)15-21(31)18-10-8-17(9-11-18)16-6-4-3-5-7-16/h3-11,19-20,22,25,30H,2,12-15H2,1H3,(H,33,34)/t19-,20-,22+,25+/m0/s1. The third-order valence-electron chi connectivity index (χ3n) is 6.97. The van der Waals surface area contributed by atoms with Crippen molar-refractivity contribution in [2.24, 2.45) is 5.92 Å². The highest BCUT2D eigenvalue weighted by molar-refractivity contribution is 8.23. The van der Waals surface area contributed by atoms with Crippen LogP contribution in [0.2, 0.25) is 0 Å². The molecule has 9 heteroatoms. The number of thioether (sulfide) groups is 2. The Balaban J connectivity index is 1.19. The first-order chi connectivity index (χ1) is 17.4. The number of carboxylic acids is 1. The van der Waals surface area contributed by atoms with Crippen molar-refractivity contribution >= 4 is 41.2 Å². The van der Waals surface area contributed by atoms with Crippen LogP contribution in [-0.4, -0.2) is 74.0 Å². The lowest BCUT2D eigenvalue weighted by molar-refractivity contribution is -0.157. The molecule has 0 unspecified atom stereocenters. The van der Waals surface area contributed by atoms with E-state index in [-0.39, 0.29) is 28.0 Å². The van der Waals surface area contributed by atoms with Gasteiger partial charge >= 0.3 is 5.97 Å². The van der Waals surface area contributed by atoms with E-state index in [0.717, 1.165) is 24.1 Å². The fourth-order valence-corrected chi connectivity index (χ4v) is 8.27. The van der Waals surface area contributed by atoms with Crippen LogP contribution in [0.1, 0.15) is 30.1 Å². The molecule has 2 aromatic carbocycles. The number of benzene rings is 2. The van der Waals surface area contributed by atoms with Gasteiger partial charge in [0.2, 0.25) is 5.91 Å². The zero-order valence-electron chi connectivity index (χ0n) is 19.9. The number of ketones is 1. The summed E-state index contributed by atoms with van der Waals surface area (Å²) in [6, 6.07) is 17.7. The fourth-order valence-electron chi connectivity index (χ4n) is 4.96. The number of hydrogen-bond acceptors (Lipinski definition) is 7. The molecule has 2 fully saturated rings. The first-order valence-corrected chi connectivity index (χ1v) is 13.9. The van der Waals surface area contributed by atoms with Gasteiger partial charge in [0.1, 0.15) is 5.37 Å². The second kappa shape index (κ2) is 10.4. The van der Waals surface area contributed by atoms with Gasteiger partial charge in [-0.15, -0.1) is 11.8 Å². The van der Waals surface area contributed by atoms with Crippen LogP contribution < -0.4 is 0 Å². The molecule has 5 rings (SSSR count). The number of aliphatic hydroxyl groups is 1. The normalized spacial score (nSPS) is 24.6. The second-order valence-corrected chi connectivity index (χ2v) is 12.0. The van der Waals surface area contributed by atoms with Crippen molar-refractivity contribution in [1.29, 1.82) is 0 Å². The predicted molar refractivity (Wildman–Crippen MR) is 141 cm³/mol. The summed E-state index contributed by atoms with van der Waals surface area (Å²) >= 11 is 2.85. The average molecular weight is 525 g/mol. The Morgan fingerprint density at radius 2 is 1.81 bits per heavy atom. The summed E-state index contributed by atoms with van der Waals surface area (Å²) in [7, 11) is 0. The van der Waals surface area contributed by atoms with Crippen LogP contribution in [0.5, 0.6) is 0 Å². The molecule has 2 N–H and O–H groups in total. The molecule has 7 nitrogen and oxygen atoms in total. The summed E-state index contributed by atoms with van der Waals surface area (Å²) in [5, 5.41) is 19.8. The summed E-state index contributed by atoms with van der Waals surface area (Å²) in [5.41, 5.74) is 2.89. The number of rotatable bonds is 9. The molecule has 1 amide bonds. The molecule has 36 heavy (non-hydrogen) atoms. The highest BCUT2D eigenvalue weighted by Gasteiger charge is 2.58. The largest absolute Gasteiger partial charge is 0.477 e. The molecule has 0 bridgehead atoms. The van der Waals surface area contributed by atoms with Crippen LogP contribution in [0.4, 0.5) is 0 Å². The Morgan fingerprint density at radius 1 is 1.11 bits per heavy atom. The van der Waals surface area contributed by atoms with Crippen LogP contribution in [0.15, 0.2) is 64.5 Å². The van der Waals surface area contributed by atoms with Gasteiger partial charge < -0.3 is 10.2 Å². The molecule has 0 radical (unpaired) electrons. The number of amides is 1. The van der Waals surface area contributed by atoms with Crippen LogP contribution in [-0.2, 0) is 9.59 Å². The van der Waals surface area contributed by atoms with E-state index in [1.807, 2.05) is 61.5 Å². The van der Waals surface area contributed by atoms with Crippen molar-refractivity contribution in [3.05, 3.63) is 70.1 Å². The molecule has 3 aliphatic heterocycles. The highest BCUT2D eigenvalue weighted by Crippen LogP contribution is 2.55. The molecule has 0 spiro atoms. The monoisotopic (exact) mass is 524 g/mol. The maximum absolute atomic E-state index is 12.9. The molecular weight excluding hydrogens is 496 g/mol. The smallest absolute Gasteiger partial charge is 0.354 e. The minimum absolute atomic E-state index is 0.0348. The third-order valence-corrected chi connectivity index (χ3v) is 9.82.